The highest BCUT2D eigenvalue weighted by atomic mass is 35.5. The molecule has 7 nitrogen and oxygen atoms in total. The molecule has 0 fully saturated rings. The van der Waals surface area contributed by atoms with Crippen LogP contribution in [0.3, 0.4) is 0 Å². The number of para-hydroxylation sites is 2. The highest BCUT2D eigenvalue weighted by Gasteiger charge is 2.23. The van der Waals surface area contributed by atoms with Gasteiger partial charge in [-0.3, -0.25) is 4.79 Å². The predicted octanol–water partition coefficient (Wildman–Crippen LogP) is 4.62. The fourth-order valence-corrected chi connectivity index (χ4v) is 5.14. The molecule has 0 saturated heterocycles. The van der Waals surface area contributed by atoms with Gasteiger partial charge in [-0.2, -0.15) is 0 Å². The van der Waals surface area contributed by atoms with Gasteiger partial charge in [-0.05, 0) is 56.2 Å². The van der Waals surface area contributed by atoms with E-state index in [-0.39, 0.29) is 21.5 Å². The van der Waals surface area contributed by atoms with Crippen LogP contribution in [0.1, 0.15) is 41.6 Å². The van der Waals surface area contributed by atoms with Gasteiger partial charge in [-0.25, -0.2) is 18.1 Å². The largest absolute Gasteiger partial charge is 0.342 e. The van der Waals surface area contributed by atoms with E-state index in [4.69, 9.17) is 11.6 Å². The van der Waals surface area contributed by atoms with Crippen LogP contribution in [-0.2, 0) is 16.4 Å². The summed E-state index contributed by atoms with van der Waals surface area (Å²) in [5.74, 6) is 0.104. The number of fused-ring (bicyclic) bond motifs is 1. The summed E-state index contributed by atoms with van der Waals surface area (Å²) in [6.45, 7) is 3.45. The second kappa shape index (κ2) is 9.97. The van der Waals surface area contributed by atoms with Gasteiger partial charge in [0.1, 0.15) is 5.82 Å². The molecule has 3 aromatic carbocycles. The molecule has 1 amide bonds. The molecule has 0 aliphatic heterocycles. The lowest BCUT2D eigenvalue weighted by Crippen LogP contribution is -2.32. The number of halogens is 1. The molecule has 4 aromatic rings. The first kappa shape index (κ1) is 23.9. The zero-order chi connectivity index (χ0) is 24.3. The Morgan fingerprint density at radius 2 is 1.74 bits per heavy atom. The number of aromatic nitrogens is 2. The number of nitrogens with one attached hydrogen (secondary N) is 3. The minimum atomic E-state index is -3.79. The Balaban J connectivity index is 1.67. The molecule has 1 aromatic heterocycles. The minimum absolute atomic E-state index is 0.0286. The van der Waals surface area contributed by atoms with Crippen molar-refractivity contribution in [1.82, 2.24) is 20.0 Å². The van der Waals surface area contributed by atoms with Crippen LogP contribution in [-0.4, -0.2) is 30.3 Å². The number of imidazole rings is 1. The number of rotatable bonds is 8. The third-order valence-corrected chi connectivity index (χ3v) is 7.20. The Bertz CT molecular complexity index is 1390. The van der Waals surface area contributed by atoms with E-state index in [0.29, 0.717) is 12.2 Å². The van der Waals surface area contributed by atoms with Crippen LogP contribution in [0.15, 0.2) is 77.7 Å². The van der Waals surface area contributed by atoms with E-state index < -0.39 is 22.0 Å². The lowest BCUT2D eigenvalue weighted by molar-refractivity contribution is 0.0935. The summed E-state index contributed by atoms with van der Waals surface area (Å²) in [7, 11) is -3.79. The van der Waals surface area contributed by atoms with E-state index in [0.717, 1.165) is 16.6 Å². The Morgan fingerprint density at radius 3 is 2.44 bits per heavy atom. The lowest BCUT2D eigenvalue weighted by atomic mass is 10.0. The molecule has 0 radical (unpaired) electrons. The van der Waals surface area contributed by atoms with Crippen molar-refractivity contribution in [2.24, 2.45) is 0 Å². The van der Waals surface area contributed by atoms with Gasteiger partial charge in [0, 0.05) is 6.04 Å². The Kier molecular flexibility index (Phi) is 7.02. The number of benzene rings is 3. The Morgan fingerprint density at radius 1 is 1.03 bits per heavy atom. The summed E-state index contributed by atoms with van der Waals surface area (Å²) < 4.78 is 27.7. The molecular weight excluding hydrogens is 472 g/mol. The van der Waals surface area contributed by atoms with Crippen molar-refractivity contribution in [2.75, 3.05) is 0 Å². The maximum absolute atomic E-state index is 13.3. The van der Waals surface area contributed by atoms with Crippen LogP contribution < -0.4 is 10.0 Å². The maximum atomic E-state index is 13.3. The number of carbonyl (C=O) groups excluding carboxylic acids is 1. The summed E-state index contributed by atoms with van der Waals surface area (Å²) in [6, 6.07) is 20.6. The van der Waals surface area contributed by atoms with Crippen LogP contribution in [0.25, 0.3) is 11.0 Å². The van der Waals surface area contributed by atoms with Gasteiger partial charge in [0.2, 0.25) is 10.0 Å². The van der Waals surface area contributed by atoms with Crippen molar-refractivity contribution in [3.05, 3.63) is 94.8 Å². The van der Waals surface area contributed by atoms with Crippen LogP contribution in [0.5, 0.6) is 0 Å². The minimum Gasteiger partial charge on any atom is -0.342 e. The van der Waals surface area contributed by atoms with Crippen LogP contribution in [0, 0.1) is 0 Å². The summed E-state index contributed by atoms with van der Waals surface area (Å²) in [5, 5.41) is 3.14. The molecule has 1 atom stereocenters. The molecule has 9 heteroatoms. The molecule has 0 spiro atoms. The molecule has 0 unspecified atom stereocenters. The van der Waals surface area contributed by atoms with Crippen molar-refractivity contribution in [1.29, 1.82) is 0 Å². The van der Waals surface area contributed by atoms with E-state index in [9.17, 15) is 13.2 Å². The van der Waals surface area contributed by atoms with Gasteiger partial charge < -0.3 is 10.3 Å². The highest BCUT2D eigenvalue weighted by molar-refractivity contribution is 7.89. The molecule has 176 valence electrons. The molecule has 0 bridgehead atoms. The van der Waals surface area contributed by atoms with Crippen LogP contribution in [0.4, 0.5) is 0 Å². The Hall–Kier alpha value is -3.20. The predicted molar refractivity (Wildman–Crippen MR) is 133 cm³/mol. The first-order valence-electron chi connectivity index (χ1n) is 10.8. The number of aromatic amines is 1. The molecule has 34 heavy (non-hydrogen) atoms. The number of carbonyl (C=O) groups is 1. The SMILES string of the molecule is CC(C)NS(=O)(=O)c1ccc(Cl)c(C(=O)N[C@@H](Cc2ccccc2)c2nc3ccccc3[nH]2)c1. The molecule has 0 aliphatic rings. The third-order valence-electron chi connectivity index (χ3n) is 5.21. The smallest absolute Gasteiger partial charge is 0.253 e. The molecule has 3 N–H and O–H groups in total. The van der Waals surface area contributed by atoms with E-state index in [1.165, 1.54) is 18.2 Å². The van der Waals surface area contributed by atoms with E-state index in [2.05, 4.69) is 20.0 Å². The van der Waals surface area contributed by atoms with E-state index >= 15 is 0 Å². The zero-order valence-corrected chi connectivity index (χ0v) is 20.3. The second-order valence-electron chi connectivity index (χ2n) is 8.27. The monoisotopic (exact) mass is 496 g/mol. The van der Waals surface area contributed by atoms with Crippen molar-refractivity contribution >= 4 is 38.6 Å². The summed E-state index contributed by atoms with van der Waals surface area (Å²) in [5.41, 5.74) is 2.73. The molecule has 4 rings (SSSR count). The standard InChI is InChI=1S/C25H25ClN4O3S/c1-16(2)30-34(32,33)18-12-13-20(26)19(15-18)25(31)29-23(14-17-8-4-3-5-9-17)24-27-21-10-6-7-11-22(21)28-24/h3-13,15-16,23,30H,14H2,1-2H3,(H,27,28)(H,29,31)/t23-/m0/s1. The van der Waals surface area contributed by atoms with Crippen molar-refractivity contribution < 1.29 is 13.2 Å². The first-order chi connectivity index (χ1) is 16.2. The van der Waals surface area contributed by atoms with Gasteiger partial charge >= 0.3 is 0 Å². The summed E-state index contributed by atoms with van der Waals surface area (Å²) in [4.78, 5) is 21.2. The van der Waals surface area contributed by atoms with Gasteiger partial charge in [-0.1, -0.05) is 54.1 Å². The molecular formula is C25H25ClN4O3S. The molecule has 1 heterocycles. The van der Waals surface area contributed by atoms with Gasteiger partial charge in [0.05, 0.1) is 32.6 Å². The quantitative estimate of drug-likeness (QED) is 0.331. The third kappa shape index (κ3) is 5.47. The first-order valence-corrected chi connectivity index (χ1v) is 12.7. The van der Waals surface area contributed by atoms with Gasteiger partial charge in [0.15, 0.2) is 0 Å². The van der Waals surface area contributed by atoms with Gasteiger partial charge in [-0.15, -0.1) is 0 Å². The number of amides is 1. The number of sulfonamides is 1. The normalized spacial score (nSPS) is 12.7. The number of hydrogen-bond acceptors (Lipinski definition) is 4. The van der Waals surface area contributed by atoms with Gasteiger partial charge in [0.25, 0.3) is 5.91 Å². The summed E-state index contributed by atoms with van der Waals surface area (Å²) >= 11 is 6.30. The summed E-state index contributed by atoms with van der Waals surface area (Å²) in [6.07, 6.45) is 0.483. The lowest BCUT2D eigenvalue weighted by Gasteiger charge is -2.18. The molecule has 0 aliphatic carbocycles. The van der Waals surface area contributed by atoms with E-state index in [1.807, 2.05) is 54.6 Å². The van der Waals surface area contributed by atoms with Crippen molar-refractivity contribution in [3.8, 4) is 0 Å². The second-order valence-corrected chi connectivity index (χ2v) is 10.4. The fraction of sp³-hybridized carbons (Fsp3) is 0.200. The highest BCUT2D eigenvalue weighted by Crippen LogP contribution is 2.24. The van der Waals surface area contributed by atoms with Crippen LogP contribution in [0.2, 0.25) is 5.02 Å². The fourth-order valence-electron chi connectivity index (χ4n) is 3.66. The zero-order valence-electron chi connectivity index (χ0n) is 18.7. The molecule has 0 saturated carbocycles. The van der Waals surface area contributed by atoms with E-state index in [1.54, 1.807) is 13.8 Å². The average Bonchev–Trinajstić information content (AvgIpc) is 3.23. The topological polar surface area (TPSA) is 104 Å². The number of H-pyrrole nitrogens is 1. The number of nitrogens with zero attached hydrogens (tertiary/aromatic N) is 1. The maximum Gasteiger partial charge on any atom is 0.253 e. The van der Waals surface area contributed by atoms with Crippen LogP contribution >= 0.6 is 11.6 Å². The van der Waals surface area contributed by atoms with Crippen molar-refractivity contribution in [3.63, 3.8) is 0 Å². The van der Waals surface area contributed by atoms with Crippen molar-refractivity contribution in [2.45, 2.75) is 37.2 Å². The number of hydrogen-bond donors (Lipinski definition) is 3. The Labute approximate surface area is 203 Å². The average molecular weight is 497 g/mol.